The quantitative estimate of drug-likeness (QED) is 0.440. The number of ether oxygens (including phenoxy) is 1. The van der Waals surface area contributed by atoms with E-state index in [4.69, 9.17) is 4.74 Å². The van der Waals surface area contributed by atoms with Crippen molar-refractivity contribution >= 4 is 16.9 Å². The van der Waals surface area contributed by atoms with Gasteiger partial charge in [-0.05, 0) is 43.2 Å². The van der Waals surface area contributed by atoms with Crippen LogP contribution in [0.15, 0.2) is 84.9 Å². The van der Waals surface area contributed by atoms with Crippen LogP contribution in [0.5, 0.6) is 0 Å². The Morgan fingerprint density at radius 3 is 2.40 bits per heavy atom. The second kappa shape index (κ2) is 8.93. The fourth-order valence-corrected chi connectivity index (χ4v) is 3.53. The van der Waals surface area contributed by atoms with Crippen molar-refractivity contribution in [3.63, 3.8) is 0 Å². The van der Waals surface area contributed by atoms with E-state index in [1.165, 1.54) is 0 Å². The molecule has 4 rings (SSSR count). The predicted molar refractivity (Wildman–Crippen MR) is 119 cm³/mol. The first-order valence-electron chi connectivity index (χ1n) is 10.1. The number of aryl methyl sites for hydroxylation is 1. The minimum atomic E-state index is -0.738. The summed E-state index contributed by atoms with van der Waals surface area (Å²) in [5, 5.41) is 19.8. The zero-order chi connectivity index (χ0) is 20.9. The summed E-state index contributed by atoms with van der Waals surface area (Å²) in [6, 6.07) is 25.7. The second-order valence-corrected chi connectivity index (χ2v) is 7.22. The first-order chi connectivity index (χ1) is 14.7. The Labute approximate surface area is 176 Å². The lowest BCUT2D eigenvalue weighted by molar-refractivity contribution is 0.160. The molecular weight excluding hydrogens is 374 g/mol. The van der Waals surface area contributed by atoms with Gasteiger partial charge >= 0.3 is 0 Å². The van der Waals surface area contributed by atoms with E-state index in [-0.39, 0.29) is 5.92 Å². The first-order valence-corrected chi connectivity index (χ1v) is 10.1. The van der Waals surface area contributed by atoms with Crippen LogP contribution in [0.4, 0.5) is 0 Å². The minimum Gasteiger partial charge on any atom is -0.478 e. The molecule has 0 bridgehead atoms. The lowest BCUT2D eigenvalue weighted by Crippen LogP contribution is -2.12. The van der Waals surface area contributed by atoms with Gasteiger partial charge in [0.15, 0.2) is 0 Å². The SMILES string of the molecule is CCO/C(=C/C(c1ccccc1)C(O)c1ccc(C)cc1)n1nnc2ccccc21. The Morgan fingerprint density at radius 2 is 1.67 bits per heavy atom. The molecule has 0 saturated carbocycles. The van der Waals surface area contributed by atoms with E-state index in [0.29, 0.717) is 12.5 Å². The number of nitrogens with zero attached hydrogens (tertiary/aromatic N) is 3. The average Bonchev–Trinajstić information content (AvgIpc) is 3.21. The van der Waals surface area contributed by atoms with Gasteiger partial charge in [0.25, 0.3) is 0 Å². The average molecular weight is 399 g/mol. The van der Waals surface area contributed by atoms with Crippen LogP contribution in [0.3, 0.4) is 0 Å². The molecule has 1 N–H and O–H groups in total. The number of hydrogen-bond acceptors (Lipinski definition) is 4. The molecule has 1 heterocycles. The van der Waals surface area contributed by atoms with Gasteiger partial charge in [0.1, 0.15) is 5.52 Å². The maximum absolute atomic E-state index is 11.3. The maximum atomic E-state index is 11.3. The van der Waals surface area contributed by atoms with Gasteiger partial charge in [-0.2, -0.15) is 4.68 Å². The third kappa shape index (κ3) is 4.11. The van der Waals surface area contributed by atoms with Crippen LogP contribution in [0.25, 0.3) is 16.9 Å². The highest BCUT2D eigenvalue weighted by molar-refractivity contribution is 5.77. The van der Waals surface area contributed by atoms with Crippen LogP contribution < -0.4 is 0 Å². The zero-order valence-electron chi connectivity index (χ0n) is 17.1. The van der Waals surface area contributed by atoms with Crippen molar-refractivity contribution in [3.05, 3.63) is 102 Å². The number of aliphatic hydroxyl groups is 1. The van der Waals surface area contributed by atoms with Gasteiger partial charge < -0.3 is 9.84 Å². The number of hydrogen-bond donors (Lipinski definition) is 1. The molecule has 0 aliphatic heterocycles. The van der Waals surface area contributed by atoms with E-state index >= 15 is 0 Å². The lowest BCUT2D eigenvalue weighted by atomic mass is 9.88. The molecule has 2 atom stereocenters. The summed E-state index contributed by atoms with van der Waals surface area (Å²) in [5.74, 6) is 0.227. The standard InChI is InChI=1S/C25H25N3O2/c1-3-30-24(28-23-12-8-7-11-22(23)26-27-28)17-21(19-9-5-4-6-10-19)25(29)20-15-13-18(2)14-16-20/h4-17,21,25,29H,3H2,1-2H3/b24-17+. The summed E-state index contributed by atoms with van der Waals surface area (Å²) in [5.41, 5.74) is 4.64. The van der Waals surface area contributed by atoms with Crippen molar-refractivity contribution < 1.29 is 9.84 Å². The van der Waals surface area contributed by atoms with Gasteiger partial charge in [-0.1, -0.05) is 77.5 Å². The summed E-state index contributed by atoms with van der Waals surface area (Å²) in [7, 11) is 0. The number of aromatic nitrogens is 3. The van der Waals surface area contributed by atoms with Crippen molar-refractivity contribution in [3.8, 4) is 0 Å². The number of para-hydroxylation sites is 1. The molecule has 5 nitrogen and oxygen atoms in total. The Balaban J connectivity index is 1.82. The normalized spacial score (nSPS) is 13.9. The molecule has 0 amide bonds. The van der Waals surface area contributed by atoms with Crippen LogP contribution in [0, 0.1) is 6.92 Å². The number of benzene rings is 3. The molecule has 152 valence electrons. The second-order valence-electron chi connectivity index (χ2n) is 7.22. The van der Waals surface area contributed by atoms with E-state index in [0.717, 1.165) is 27.7 Å². The highest BCUT2D eigenvalue weighted by Crippen LogP contribution is 2.34. The van der Waals surface area contributed by atoms with Crippen LogP contribution in [-0.2, 0) is 4.74 Å². The van der Waals surface area contributed by atoms with Crippen LogP contribution in [0.2, 0.25) is 0 Å². The fraction of sp³-hybridized carbons (Fsp3) is 0.200. The Bertz CT molecular complexity index is 1130. The molecule has 1 aromatic heterocycles. The van der Waals surface area contributed by atoms with Gasteiger partial charge in [0.05, 0.1) is 18.2 Å². The largest absolute Gasteiger partial charge is 0.478 e. The highest BCUT2D eigenvalue weighted by atomic mass is 16.5. The number of fused-ring (bicyclic) bond motifs is 1. The topological polar surface area (TPSA) is 60.2 Å². The van der Waals surface area contributed by atoms with Crippen molar-refractivity contribution in [2.45, 2.75) is 25.9 Å². The minimum absolute atomic E-state index is 0.321. The Kier molecular flexibility index (Phi) is 5.91. The molecule has 0 spiro atoms. The van der Waals surface area contributed by atoms with Crippen LogP contribution >= 0.6 is 0 Å². The third-order valence-electron chi connectivity index (χ3n) is 5.12. The summed E-state index contributed by atoms with van der Waals surface area (Å²) in [4.78, 5) is 0. The smallest absolute Gasteiger partial charge is 0.213 e. The van der Waals surface area contributed by atoms with Gasteiger partial charge in [0, 0.05) is 5.92 Å². The van der Waals surface area contributed by atoms with Gasteiger partial charge in [-0.3, -0.25) is 0 Å². The Morgan fingerprint density at radius 1 is 0.967 bits per heavy atom. The maximum Gasteiger partial charge on any atom is 0.213 e. The molecule has 0 aliphatic carbocycles. The van der Waals surface area contributed by atoms with E-state index in [2.05, 4.69) is 10.3 Å². The molecule has 2 unspecified atom stereocenters. The Hall–Kier alpha value is -3.44. The summed E-state index contributed by atoms with van der Waals surface area (Å²) in [6.45, 7) is 4.44. The summed E-state index contributed by atoms with van der Waals surface area (Å²) < 4.78 is 7.65. The molecule has 3 aromatic carbocycles. The fourth-order valence-electron chi connectivity index (χ4n) is 3.53. The van der Waals surface area contributed by atoms with E-state index < -0.39 is 6.10 Å². The molecule has 0 fully saturated rings. The van der Waals surface area contributed by atoms with Crippen LogP contribution in [-0.4, -0.2) is 26.7 Å². The molecule has 5 heteroatoms. The van der Waals surface area contributed by atoms with Gasteiger partial charge in [-0.25, -0.2) is 0 Å². The molecule has 0 aliphatic rings. The summed E-state index contributed by atoms with van der Waals surface area (Å²) >= 11 is 0. The van der Waals surface area contributed by atoms with Crippen molar-refractivity contribution in [2.75, 3.05) is 6.61 Å². The lowest BCUT2D eigenvalue weighted by Gasteiger charge is -2.22. The molecule has 30 heavy (non-hydrogen) atoms. The van der Waals surface area contributed by atoms with Gasteiger partial charge in [-0.15, -0.1) is 5.10 Å². The monoisotopic (exact) mass is 399 g/mol. The van der Waals surface area contributed by atoms with Crippen LogP contribution in [0.1, 0.15) is 35.6 Å². The van der Waals surface area contributed by atoms with Crippen molar-refractivity contribution in [1.29, 1.82) is 0 Å². The molecule has 0 saturated heterocycles. The number of aliphatic hydroxyl groups excluding tert-OH is 1. The van der Waals surface area contributed by atoms with Crippen molar-refractivity contribution in [1.82, 2.24) is 15.0 Å². The predicted octanol–water partition coefficient (Wildman–Crippen LogP) is 5.09. The first kappa shape index (κ1) is 19.9. The third-order valence-corrected chi connectivity index (χ3v) is 5.12. The van der Waals surface area contributed by atoms with E-state index in [1.54, 1.807) is 4.68 Å². The van der Waals surface area contributed by atoms with E-state index in [1.807, 2.05) is 98.8 Å². The molecular formula is C25H25N3O2. The van der Waals surface area contributed by atoms with Gasteiger partial charge in [0.2, 0.25) is 5.88 Å². The number of rotatable bonds is 7. The zero-order valence-corrected chi connectivity index (χ0v) is 17.1. The summed E-state index contributed by atoms with van der Waals surface area (Å²) in [6.07, 6.45) is 1.20. The van der Waals surface area contributed by atoms with E-state index in [9.17, 15) is 5.11 Å². The molecule has 0 radical (unpaired) electrons. The van der Waals surface area contributed by atoms with Crippen molar-refractivity contribution in [2.24, 2.45) is 0 Å². The molecule has 4 aromatic rings. The highest BCUT2D eigenvalue weighted by Gasteiger charge is 2.23.